The molecule has 0 spiro atoms. The summed E-state index contributed by atoms with van der Waals surface area (Å²) in [6.07, 6.45) is 3.44. The smallest absolute Gasteiger partial charge is 0.142 e. The van der Waals surface area contributed by atoms with Gasteiger partial charge < -0.3 is 14.8 Å². The maximum absolute atomic E-state index is 12.9. The molecular weight excluding hydrogens is 500 g/mol. The Hall–Kier alpha value is -4.15. The van der Waals surface area contributed by atoms with Crippen molar-refractivity contribution in [3.8, 4) is 17.6 Å². The van der Waals surface area contributed by atoms with Crippen LogP contribution in [0.5, 0.6) is 11.5 Å². The molecule has 0 saturated carbocycles. The number of Topliss-reactive ketones (excluding diaryl/α,β-unsaturated/α-hetero) is 1. The Bertz CT molecular complexity index is 1510. The van der Waals surface area contributed by atoms with Gasteiger partial charge in [0.15, 0.2) is 0 Å². The Morgan fingerprint density at radius 2 is 1.89 bits per heavy atom. The Balaban J connectivity index is 1.69. The van der Waals surface area contributed by atoms with Crippen molar-refractivity contribution in [3.63, 3.8) is 0 Å². The van der Waals surface area contributed by atoms with E-state index in [-0.39, 0.29) is 12.2 Å². The number of benzene rings is 2. The summed E-state index contributed by atoms with van der Waals surface area (Å²) in [4.78, 5) is 21.6. The summed E-state index contributed by atoms with van der Waals surface area (Å²) in [5, 5.41) is 14.3. The van der Waals surface area contributed by atoms with Crippen molar-refractivity contribution in [2.24, 2.45) is 5.41 Å². The Morgan fingerprint density at radius 1 is 1.08 bits per heavy atom. The number of nitrogens with zero attached hydrogens (tertiary/aromatic N) is 3. The molecule has 38 heavy (non-hydrogen) atoms. The van der Waals surface area contributed by atoms with Gasteiger partial charge in [0.05, 0.1) is 34.1 Å². The van der Waals surface area contributed by atoms with Crippen LogP contribution in [0, 0.1) is 16.7 Å². The molecule has 0 unspecified atom stereocenters. The summed E-state index contributed by atoms with van der Waals surface area (Å²) in [6.45, 7) is 8.33. The number of carbonyl (C=O) groups is 1. The largest absolute Gasteiger partial charge is 0.494 e. The Kier molecular flexibility index (Phi) is 8.13. The zero-order valence-corrected chi connectivity index (χ0v) is 22.6. The zero-order valence-electron chi connectivity index (χ0n) is 21.8. The van der Waals surface area contributed by atoms with Gasteiger partial charge in [0, 0.05) is 46.9 Å². The number of fused-ring (bicyclic) bond motifs is 1. The van der Waals surface area contributed by atoms with Crippen molar-refractivity contribution in [1.82, 2.24) is 9.97 Å². The normalized spacial score (nSPS) is 11.2. The third-order valence-electron chi connectivity index (χ3n) is 5.96. The molecule has 0 atom stereocenters. The van der Waals surface area contributed by atoms with Crippen LogP contribution in [0.3, 0.4) is 0 Å². The van der Waals surface area contributed by atoms with Crippen LogP contribution in [0.15, 0.2) is 60.9 Å². The van der Waals surface area contributed by atoms with Crippen LogP contribution in [-0.4, -0.2) is 22.4 Å². The van der Waals surface area contributed by atoms with E-state index in [1.54, 1.807) is 18.3 Å². The summed E-state index contributed by atoms with van der Waals surface area (Å²) in [5.41, 5.74) is 3.29. The lowest BCUT2D eigenvalue weighted by molar-refractivity contribution is -0.125. The van der Waals surface area contributed by atoms with Gasteiger partial charge in [-0.3, -0.25) is 14.8 Å². The number of anilines is 2. The number of carbonyl (C=O) groups excluding carboxylic acids is 1. The standard InChI is InChI=1S/C30H29ClN4O3/c1-5-37-27-15-25-23(12-19(27)13-28(36)30(2,3)4)29(20(16-32)17-34-25)35-21-9-10-26(24(31)14-21)38-18-22-8-6-7-11-33-22/h6-12,14-15,17H,5,13,18H2,1-4H3,(H,34,35). The Labute approximate surface area is 227 Å². The molecule has 4 rings (SSSR count). The third kappa shape index (κ3) is 6.21. The molecular formula is C30H29ClN4O3. The van der Waals surface area contributed by atoms with Gasteiger partial charge in [-0.25, -0.2) is 0 Å². The molecule has 8 heteroatoms. The van der Waals surface area contributed by atoms with Crippen LogP contribution in [0.2, 0.25) is 5.02 Å². The molecule has 0 radical (unpaired) electrons. The highest BCUT2D eigenvalue weighted by atomic mass is 35.5. The monoisotopic (exact) mass is 528 g/mol. The first-order valence-electron chi connectivity index (χ1n) is 12.3. The second-order valence-electron chi connectivity index (χ2n) is 9.80. The molecule has 0 aliphatic carbocycles. The van der Waals surface area contributed by atoms with Crippen LogP contribution in [0.1, 0.15) is 44.5 Å². The van der Waals surface area contributed by atoms with Gasteiger partial charge in [0.2, 0.25) is 0 Å². The van der Waals surface area contributed by atoms with E-state index in [9.17, 15) is 10.1 Å². The van der Waals surface area contributed by atoms with E-state index >= 15 is 0 Å². The van der Waals surface area contributed by atoms with E-state index in [2.05, 4.69) is 21.4 Å². The molecule has 4 aromatic rings. The van der Waals surface area contributed by atoms with Crippen LogP contribution in [0.25, 0.3) is 10.9 Å². The number of hydrogen-bond donors (Lipinski definition) is 1. The maximum Gasteiger partial charge on any atom is 0.142 e. The quantitative estimate of drug-likeness (QED) is 0.249. The van der Waals surface area contributed by atoms with Gasteiger partial charge in [-0.15, -0.1) is 0 Å². The van der Waals surface area contributed by atoms with Gasteiger partial charge in [-0.2, -0.15) is 5.26 Å². The topological polar surface area (TPSA) is 97.1 Å². The first kappa shape index (κ1) is 26.9. The number of hydrogen-bond acceptors (Lipinski definition) is 7. The molecule has 7 nitrogen and oxygen atoms in total. The highest BCUT2D eigenvalue weighted by molar-refractivity contribution is 6.32. The minimum atomic E-state index is -0.497. The zero-order chi connectivity index (χ0) is 27.3. The molecule has 0 bridgehead atoms. The van der Waals surface area contributed by atoms with Crippen molar-refractivity contribution in [1.29, 1.82) is 5.26 Å². The summed E-state index contributed by atoms with van der Waals surface area (Å²) in [5.74, 6) is 1.22. The van der Waals surface area contributed by atoms with Crippen LogP contribution < -0.4 is 14.8 Å². The molecule has 1 N–H and O–H groups in total. The van der Waals surface area contributed by atoms with Gasteiger partial charge in [0.25, 0.3) is 0 Å². The second-order valence-corrected chi connectivity index (χ2v) is 10.2. The van der Waals surface area contributed by atoms with Crippen molar-refractivity contribution in [2.75, 3.05) is 11.9 Å². The van der Waals surface area contributed by atoms with E-state index in [4.69, 9.17) is 21.1 Å². The number of ketones is 1. The summed E-state index contributed by atoms with van der Waals surface area (Å²) < 4.78 is 11.7. The molecule has 2 heterocycles. The number of ether oxygens (including phenoxy) is 2. The van der Waals surface area contributed by atoms with Gasteiger partial charge >= 0.3 is 0 Å². The summed E-state index contributed by atoms with van der Waals surface area (Å²) in [6, 6.07) is 16.9. The van der Waals surface area contributed by atoms with Crippen molar-refractivity contribution >= 4 is 39.7 Å². The molecule has 0 aliphatic heterocycles. The number of halogens is 1. The number of pyridine rings is 2. The number of nitriles is 1. The summed E-state index contributed by atoms with van der Waals surface area (Å²) in [7, 11) is 0. The molecule has 194 valence electrons. The lowest BCUT2D eigenvalue weighted by atomic mass is 9.86. The van der Waals surface area contributed by atoms with Gasteiger partial charge in [0.1, 0.15) is 30.0 Å². The minimum absolute atomic E-state index is 0.0878. The lowest BCUT2D eigenvalue weighted by Crippen LogP contribution is -2.22. The SMILES string of the molecule is CCOc1cc2ncc(C#N)c(Nc3ccc(OCc4ccccn4)c(Cl)c3)c2cc1CC(=O)C(C)(C)C. The van der Waals surface area contributed by atoms with Gasteiger partial charge in [-0.05, 0) is 43.3 Å². The molecule has 0 saturated heterocycles. The third-order valence-corrected chi connectivity index (χ3v) is 6.26. The first-order valence-corrected chi connectivity index (χ1v) is 12.7. The van der Waals surface area contributed by atoms with Crippen molar-refractivity contribution in [2.45, 2.75) is 40.7 Å². The number of nitrogens with one attached hydrogen (secondary N) is 1. The van der Waals surface area contributed by atoms with E-state index in [0.717, 1.165) is 11.3 Å². The molecule has 2 aromatic carbocycles. The average molecular weight is 529 g/mol. The highest BCUT2D eigenvalue weighted by Gasteiger charge is 2.24. The predicted molar refractivity (Wildman–Crippen MR) is 149 cm³/mol. The van der Waals surface area contributed by atoms with E-state index in [1.165, 1.54) is 6.20 Å². The fraction of sp³-hybridized carbons (Fsp3) is 0.267. The number of rotatable bonds is 9. The van der Waals surface area contributed by atoms with Gasteiger partial charge in [-0.1, -0.05) is 38.4 Å². The highest BCUT2D eigenvalue weighted by Crippen LogP contribution is 2.36. The molecule has 0 amide bonds. The fourth-order valence-corrected chi connectivity index (χ4v) is 4.06. The Morgan fingerprint density at radius 3 is 2.55 bits per heavy atom. The lowest BCUT2D eigenvalue weighted by Gasteiger charge is -2.19. The summed E-state index contributed by atoms with van der Waals surface area (Å²) >= 11 is 6.52. The van der Waals surface area contributed by atoms with Crippen molar-refractivity contribution in [3.05, 3.63) is 82.8 Å². The average Bonchev–Trinajstić information content (AvgIpc) is 2.89. The molecule has 0 aliphatic rings. The maximum atomic E-state index is 12.9. The first-order chi connectivity index (χ1) is 18.2. The van der Waals surface area contributed by atoms with E-state index in [0.29, 0.717) is 57.6 Å². The van der Waals surface area contributed by atoms with Crippen molar-refractivity contribution < 1.29 is 14.3 Å². The molecule has 2 aromatic heterocycles. The minimum Gasteiger partial charge on any atom is -0.494 e. The molecule has 0 fully saturated rings. The van der Waals surface area contributed by atoms with E-state index < -0.39 is 5.41 Å². The van der Waals surface area contributed by atoms with Crippen LogP contribution in [-0.2, 0) is 17.8 Å². The second kappa shape index (κ2) is 11.5. The van der Waals surface area contributed by atoms with Crippen LogP contribution in [0.4, 0.5) is 11.4 Å². The fourth-order valence-electron chi connectivity index (χ4n) is 3.83. The van der Waals surface area contributed by atoms with Crippen LogP contribution >= 0.6 is 11.6 Å². The number of aromatic nitrogens is 2. The van der Waals surface area contributed by atoms with E-state index in [1.807, 2.05) is 64.1 Å². The predicted octanol–water partition coefficient (Wildman–Crippen LogP) is 7.03.